The first-order chi connectivity index (χ1) is 12.2. The van der Waals surface area contributed by atoms with E-state index in [9.17, 15) is 4.79 Å². The number of ether oxygens (including phenoxy) is 2. The average Bonchev–Trinajstić information content (AvgIpc) is 2.66. The summed E-state index contributed by atoms with van der Waals surface area (Å²) in [5, 5.41) is 0. The van der Waals surface area contributed by atoms with Gasteiger partial charge in [-0.05, 0) is 43.7 Å². The van der Waals surface area contributed by atoms with E-state index in [1.54, 1.807) is 7.11 Å². The lowest BCUT2D eigenvalue weighted by Gasteiger charge is -2.34. The van der Waals surface area contributed by atoms with E-state index in [1.165, 1.54) is 0 Å². The number of carbonyl (C=O) groups excluding carboxylic acids is 1. The molecule has 132 valence electrons. The third kappa shape index (κ3) is 3.77. The van der Waals surface area contributed by atoms with Crippen LogP contribution >= 0.6 is 0 Å². The molecular formula is C20H24N2O3. The van der Waals surface area contributed by atoms with E-state index in [1.807, 2.05) is 53.4 Å². The van der Waals surface area contributed by atoms with E-state index in [-0.39, 0.29) is 5.91 Å². The van der Waals surface area contributed by atoms with Crippen LogP contribution in [-0.2, 0) is 4.79 Å². The second-order valence-corrected chi connectivity index (χ2v) is 6.08. The summed E-state index contributed by atoms with van der Waals surface area (Å²) in [7, 11) is 1.62. The summed E-state index contributed by atoms with van der Waals surface area (Å²) in [6, 6.07) is 15.1. The smallest absolute Gasteiger partial charge is 0.272 e. The molecule has 0 aliphatic carbocycles. The highest BCUT2D eigenvalue weighted by molar-refractivity contribution is 6.00. The highest BCUT2D eigenvalue weighted by Gasteiger charge is 2.35. The molecule has 2 aromatic rings. The van der Waals surface area contributed by atoms with Crippen LogP contribution in [0.2, 0.25) is 0 Å². The van der Waals surface area contributed by atoms with Crippen molar-refractivity contribution >= 4 is 11.6 Å². The van der Waals surface area contributed by atoms with Gasteiger partial charge in [0.2, 0.25) is 6.10 Å². The molecule has 0 fully saturated rings. The summed E-state index contributed by atoms with van der Waals surface area (Å²) in [4.78, 5) is 14.9. The first kappa shape index (κ1) is 17.3. The topological polar surface area (TPSA) is 64.8 Å². The van der Waals surface area contributed by atoms with Crippen molar-refractivity contribution in [2.24, 2.45) is 5.73 Å². The number of hydrogen-bond donors (Lipinski definition) is 1. The Morgan fingerprint density at radius 3 is 2.56 bits per heavy atom. The number of rotatable bonds is 7. The van der Waals surface area contributed by atoms with Crippen LogP contribution in [0.1, 0.15) is 30.9 Å². The minimum absolute atomic E-state index is 0.0309. The van der Waals surface area contributed by atoms with Crippen LogP contribution in [0, 0.1) is 0 Å². The van der Waals surface area contributed by atoms with Crippen molar-refractivity contribution in [3.05, 3.63) is 54.1 Å². The Morgan fingerprint density at radius 1 is 1.08 bits per heavy atom. The van der Waals surface area contributed by atoms with Crippen molar-refractivity contribution in [3.8, 4) is 11.5 Å². The Morgan fingerprint density at radius 2 is 1.84 bits per heavy atom. The minimum Gasteiger partial charge on any atom is -0.497 e. The molecule has 0 radical (unpaired) electrons. The molecule has 0 bridgehead atoms. The molecule has 2 N–H and O–H groups in total. The number of anilines is 1. The van der Waals surface area contributed by atoms with Crippen molar-refractivity contribution in [1.29, 1.82) is 0 Å². The Labute approximate surface area is 148 Å². The normalized spacial score (nSPS) is 16.3. The Kier molecular flexibility index (Phi) is 5.56. The zero-order valence-electron chi connectivity index (χ0n) is 14.5. The van der Waals surface area contributed by atoms with Crippen LogP contribution in [0.4, 0.5) is 5.69 Å². The van der Waals surface area contributed by atoms with Crippen LogP contribution in [-0.4, -0.2) is 26.1 Å². The summed E-state index contributed by atoms with van der Waals surface area (Å²) in [5.41, 5.74) is 7.23. The summed E-state index contributed by atoms with van der Waals surface area (Å²) in [6.07, 6.45) is 2.28. The molecule has 1 aliphatic heterocycles. The molecule has 1 heterocycles. The van der Waals surface area contributed by atoms with Crippen LogP contribution in [0.3, 0.4) is 0 Å². The number of hydrogen-bond acceptors (Lipinski definition) is 4. The first-order valence-electron chi connectivity index (χ1n) is 8.65. The number of fused-ring (bicyclic) bond motifs is 1. The average molecular weight is 340 g/mol. The molecule has 5 heteroatoms. The number of benzene rings is 2. The lowest BCUT2D eigenvalue weighted by atomic mass is 10.0. The van der Waals surface area contributed by atoms with Gasteiger partial charge in [-0.25, -0.2) is 0 Å². The fourth-order valence-corrected chi connectivity index (χ4v) is 3.03. The molecule has 0 aromatic heterocycles. The lowest BCUT2D eigenvalue weighted by molar-refractivity contribution is -0.126. The third-order valence-electron chi connectivity index (χ3n) is 4.40. The molecule has 0 saturated carbocycles. The SMILES string of the molecule is COc1ccc(C2Oc3ccccc3N(CCCCCN)C2=O)cc1. The van der Waals surface area contributed by atoms with Crippen LogP contribution in [0.5, 0.6) is 11.5 Å². The van der Waals surface area contributed by atoms with Gasteiger partial charge in [0.05, 0.1) is 12.8 Å². The van der Waals surface area contributed by atoms with Crippen molar-refractivity contribution in [2.75, 3.05) is 25.1 Å². The number of nitrogens with zero attached hydrogens (tertiary/aromatic N) is 1. The van der Waals surface area contributed by atoms with E-state index >= 15 is 0 Å². The maximum atomic E-state index is 13.1. The Hall–Kier alpha value is -2.53. The van der Waals surface area contributed by atoms with Gasteiger partial charge in [-0.2, -0.15) is 0 Å². The van der Waals surface area contributed by atoms with Gasteiger partial charge in [0.15, 0.2) is 0 Å². The monoisotopic (exact) mass is 340 g/mol. The molecule has 0 saturated heterocycles. The van der Waals surface area contributed by atoms with Gasteiger partial charge >= 0.3 is 0 Å². The molecule has 1 amide bonds. The minimum atomic E-state index is -0.629. The van der Waals surface area contributed by atoms with Gasteiger partial charge in [-0.3, -0.25) is 4.79 Å². The molecule has 1 aliphatic rings. The molecule has 1 unspecified atom stereocenters. The summed E-state index contributed by atoms with van der Waals surface area (Å²) >= 11 is 0. The maximum Gasteiger partial charge on any atom is 0.272 e. The van der Waals surface area contributed by atoms with Crippen molar-refractivity contribution in [3.63, 3.8) is 0 Å². The van der Waals surface area contributed by atoms with Gasteiger partial charge in [-0.1, -0.05) is 30.7 Å². The first-order valence-corrected chi connectivity index (χ1v) is 8.65. The second kappa shape index (κ2) is 8.03. The number of carbonyl (C=O) groups is 1. The highest BCUT2D eigenvalue weighted by Crippen LogP contribution is 2.39. The summed E-state index contributed by atoms with van der Waals surface area (Å²) in [5.74, 6) is 1.46. The Balaban J connectivity index is 1.85. The van der Waals surface area contributed by atoms with Gasteiger partial charge < -0.3 is 20.1 Å². The van der Waals surface area contributed by atoms with E-state index < -0.39 is 6.10 Å². The molecule has 5 nitrogen and oxygen atoms in total. The largest absolute Gasteiger partial charge is 0.497 e. The van der Waals surface area contributed by atoms with E-state index in [0.717, 1.165) is 42.0 Å². The third-order valence-corrected chi connectivity index (χ3v) is 4.40. The molecule has 1 atom stereocenters. The van der Waals surface area contributed by atoms with Gasteiger partial charge in [-0.15, -0.1) is 0 Å². The van der Waals surface area contributed by atoms with E-state index in [4.69, 9.17) is 15.2 Å². The van der Waals surface area contributed by atoms with Crippen LogP contribution < -0.4 is 20.1 Å². The zero-order valence-corrected chi connectivity index (χ0v) is 14.5. The molecule has 25 heavy (non-hydrogen) atoms. The van der Waals surface area contributed by atoms with Gasteiger partial charge in [0, 0.05) is 12.1 Å². The van der Waals surface area contributed by atoms with Crippen LogP contribution in [0.15, 0.2) is 48.5 Å². The molecular weight excluding hydrogens is 316 g/mol. The fourth-order valence-electron chi connectivity index (χ4n) is 3.03. The van der Waals surface area contributed by atoms with Crippen molar-refractivity contribution < 1.29 is 14.3 Å². The predicted octanol–water partition coefficient (Wildman–Crippen LogP) is 3.29. The molecule has 2 aromatic carbocycles. The van der Waals surface area contributed by atoms with E-state index in [0.29, 0.717) is 13.1 Å². The number of amides is 1. The van der Waals surface area contributed by atoms with Crippen LogP contribution in [0.25, 0.3) is 0 Å². The van der Waals surface area contributed by atoms with Gasteiger partial charge in [0.1, 0.15) is 11.5 Å². The quantitative estimate of drug-likeness (QED) is 0.786. The fraction of sp³-hybridized carbons (Fsp3) is 0.350. The lowest BCUT2D eigenvalue weighted by Crippen LogP contribution is -2.41. The number of unbranched alkanes of at least 4 members (excludes halogenated alkanes) is 2. The maximum absolute atomic E-state index is 13.1. The standard InChI is InChI=1S/C20H24N2O3/c1-24-16-11-9-15(10-12-16)19-20(23)22(14-6-2-5-13-21)17-7-3-4-8-18(17)25-19/h3-4,7-12,19H,2,5-6,13-14,21H2,1H3. The number of nitrogens with two attached hydrogens (primary N) is 1. The van der Waals surface area contributed by atoms with Crippen molar-refractivity contribution in [1.82, 2.24) is 0 Å². The number of para-hydroxylation sites is 2. The molecule has 0 spiro atoms. The summed E-state index contributed by atoms with van der Waals surface area (Å²) < 4.78 is 11.2. The highest BCUT2D eigenvalue weighted by atomic mass is 16.5. The predicted molar refractivity (Wildman–Crippen MR) is 98.1 cm³/mol. The van der Waals surface area contributed by atoms with Gasteiger partial charge in [0.25, 0.3) is 5.91 Å². The van der Waals surface area contributed by atoms with E-state index in [2.05, 4.69) is 0 Å². The van der Waals surface area contributed by atoms with Crippen molar-refractivity contribution in [2.45, 2.75) is 25.4 Å². The zero-order chi connectivity index (χ0) is 17.6. The molecule has 3 rings (SSSR count). The summed E-state index contributed by atoms with van der Waals surface area (Å²) in [6.45, 7) is 1.36. The number of methoxy groups -OCH3 is 1. The Bertz CT molecular complexity index is 715. The second-order valence-electron chi connectivity index (χ2n) is 6.08.